The van der Waals surface area contributed by atoms with E-state index in [1.165, 1.54) is 5.56 Å². The van der Waals surface area contributed by atoms with Gasteiger partial charge in [0, 0.05) is 11.1 Å². The van der Waals surface area contributed by atoms with Gasteiger partial charge in [0.25, 0.3) is 0 Å². The Morgan fingerprint density at radius 2 is 1.67 bits per heavy atom. The number of nitrogens with one attached hydrogen (secondary N) is 1. The number of aromatic nitrogens is 2. The molecule has 2 N–H and O–H groups in total. The summed E-state index contributed by atoms with van der Waals surface area (Å²) in [6.45, 7) is 6.04. The summed E-state index contributed by atoms with van der Waals surface area (Å²) in [4.78, 5) is 8.54. The minimum atomic E-state index is 0.244. The second-order valence-electron chi connectivity index (χ2n) is 4.41. The average molecular weight is 281 g/mol. The number of aryl methyl sites for hydroxylation is 1. The van der Waals surface area contributed by atoms with Gasteiger partial charge in [-0.25, -0.2) is 9.97 Å². The standard InChI is InChI=1S/C15H13N3O.C2H6/c1-10-2-7-13-14(8-10)16-9-17-15(13)18-11-3-5-12(19)6-4-11;1-2/h2-9,19H,1H3,(H,16,17,18);1-2H3. The first kappa shape index (κ1) is 14.8. The monoisotopic (exact) mass is 281 g/mol. The Morgan fingerprint density at radius 3 is 2.38 bits per heavy atom. The predicted molar refractivity (Wildman–Crippen MR) is 87.0 cm³/mol. The van der Waals surface area contributed by atoms with Gasteiger partial charge in [-0.05, 0) is 48.9 Å². The van der Waals surface area contributed by atoms with Crippen molar-refractivity contribution in [1.82, 2.24) is 9.97 Å². The van der Waals surface area contributed by atoms with E-state index in [0.717, 1.165) is 22.4 Å². The van der Waals surface area contributed by atoms with Gasteiger partial charge >= 0.3 is 0 Å². The molecule has 1 heterocycles. The number of nitrogens with zero attached hydrogens (tertiary/aromatic N) is 2. The number of anilines is 2. The zero-order valence-corrected chi connectivity index (χ0v) is 12.5. The van der Waals surface area contributed by atoms with Crippen LogP contribution >= 0.6 is 0 Å². The maximum absolute atomic E-state index is 9.27. The molecule has 0 radical (unpaired) electrons. The van der Waals surface area contributed by atoms with Crippen LogP contribution in [0.15, 0.2) is 48.8 Å². The number of phenolic OH excluding ortho intramolecular Hbond substituents is 1. The van der Waals surface area contributed by atoms with Crippen molar-refractivity contribution in [1.29, 1.82) is 0 Å². The maximum Gasteiger partial charge on any atom is 0.141 e. The molecule has 0 amide bonds. The van der Waals surface area contributed by atoms with Gasteiger partial charge in [-0.3, -0.25) is 0 Å². The SMILES string of the molecule is CC.Cc1ccc2c(Nc3ccc(O)cc3)ncnc2c1. The smallest absolute Gasteiger partial charge is 0.141 e. The zero-order chi connectivity index (χ0) is 15.2. The summed E-state index contributed by atoms with van der Waals surface area (Å²) in [5.41, 5.74) is 2.96. The molecule has 0 saturated heterocycles. The number of hydrogen-bond acceptors (Lipinski definition) is 4. The second kappa shape index (κ2) is 6.70. The molecule has 0 unspecified atom stereocenters. The van der Waals surface area contributed by atoms with Crippen LogP contribution in [-0.2, 0) is 0 Å². The molecule has 0 atom stereocenters. The Hall–Kier alpha value is -2.62. The van der Waals surface area contributed by atoms with E-state index in [4.69, 9.17) is 0 Å². The fraction of sp³-hybridized carbons (Fsp3) is 0.176. The molecular formula is C17H19N3O. The normalized spacial score (nSPS) is 9.86. The highest BCUT2D eigenvalue weighted by Gasteiger charge is 2.04. The van der Waals surface area contributed by atoms with E-state index in [0.29, 0.717) is 0 Å². The van der Waals surface area contributed by atoms with Gasteiger partial charge in [-0.1, -0.05) is 19.9 Å². The summed E-state index contributed by atoms with van der Waals surface area (Å²) in [5.74, 6) is 1.00. The molecule has 0 aliphatic rings. The lowest BCUT2D eigenvalue weighted by molar-refractivity contribution is 0.475. The quantitative estimate of drug-likeness (QED) is 0.683. The molecule has 0 bridgehead atoms. The van der Waals surface area contributed by atoms with Gasteiger partial charge in [0.15, 0.2) is 0 Å². The number of aromatic hydroxyl groups is 1. The molecule has 4 heteroatoms. The average Bonchev–Trinajstić information content (AvgIpc) is 2.51. The van der Waals surface area contributed by atoms with Crippen LogP contribution in [0.3, 0.4) is 0 Å². The lowest BCUT2D eigenvalue weighted by atomic mass is 10.1. The summed E-state index contributed by atoms with van der Waals surface area (Å²) >= 11 is 0. The third kappa shape index (κ3) is 3.48. The highest BCUT2D eigenvalue weighted by atomic mass is 16.3. The highest BCUT2D eigenvalue weighted by molar-refractivity contribution is 5.90. The Bertz CT molecular complexity index is 724. The highest BCUT2D eigenvalue weighted by Crippen LogP contribution is 2.24. The van der Waals surface area contributed by atoms with Crippen molar-refractivity contribution in [3.05, 3.63) is 54.4 Å². The summed E-state index contributed by atoms with van der Waals surface area (Å²) < 4.78 is 0. The van der Waals surface area contributed by atoms with Crippen molar-refractivity contribution in [2.45, 2.75) is 20.8 Å². The van der Waals surface area contributed by atoms with Gasteiger partial charge in [0.1, 0.15) is 17.9 Å². The molecule has 0 spiro atoms. The summed E-state index contributed by atoms with van der Waals surface area (Å²) in [5, 5.41) is 13.5. The van der Waals surface area contributed by atoms with Crippen molar-refractivity contribution in [3.8, 4) is 5.75 Å². The first-order valence-electron chi connectivity index (χ1n) is 7.00. The van der Waals surface area contributed by atoms with Crippen LogP contribution in [0.25, 0.3) is 10.9 Å². The minimum Gasteiger partial charge on any atom is -0.508 e. The molecule has 0 aliphatic carbocycles. The minimum absolute atomic E-state index is 0.244. The number of phenols is 1. The van der Waals surface area contributed by atoms with E-state index < -0.39 is 0 Å². The molecule has 0 fully saturated rings. The number of benzene rings is 2. The summed E-state index contributed by atoms with van der Waals surface area (Å²) in [6, 6.07) is 12.9. The third-order valence-corrected chi connectivity index (χ3v) is 2.92. The second-order valence-corrected chi connectivity index (χ2v) is 4.41. The lowest BCUT2D eigenvalue weighted by Gasteiger charge is -2.08. The molecular weight excluding hydrogens is 262 g/mol. The van der Waals surface area contributed by atoms with Gasteiger partial charge in [0.2, 0.25) is 0 Å². The Labute approximate surface area is 124 Å². The van der Waals surface area contributed by atoms with E-state index in [-0.39, 0.29) is 5.75 Å². The third-order valence-electron chi connectivity index (χ3n) is 2.92. The van der Waals surface area contributed by atoms with Gasteiger partial charge < -0.3 is 10.4 Å². The maximum atomic E-state index is 9.27. The number of fused-ring (bicyclic) bond motifs is 1. The van der Waals surface area contributed by atoms with Crippen LogP contribution in [0.1, 0.15) is 19.4 Å². The molecule has 2 aromatic carbocycles. The van der Waals surface area contributed by atoms with Gasteiger partial charge in [0.05, 0.1) is 5.52 Å². The molecule has 0 saturated carbocycles. The van der Waals surface area contributed by atoms with Crippen LogP contribution in [0.4, 0.5) is 11.5 Å². The van der Waals surface area contributed by atoms with E-state index >= 15 is 0 Å². The van der Waals surface area contributed by atoms with Crippen LogP contribution in [0.5, 0.6) is 5.75 Å². The van der Waals surface area contributed by atoms with Gasteiger partial charge in [-0.2, -0.15) is 0 Å². The van der Waals surface area contributed by atoms with Crippen LogP contribution in [-0.4, -0.2) is 15.1 Å². The predicted octanol–water partition coefficient (Wildman–Crippen LogP) is 4.41. The van der Waals surface area contributed by atoms with E-state index in [9.17, 15) is 5.11 Å². The van der Waals surface area contributed by atoms with E-state index in [1.807, 2.05) is 39.0 Å². The zero-order valence-electron chi connectivity index (χ0n) is 12.5. The van der Waals surface area contributed by atoms with E-state index in [1.54, 1.807) is 30.6 Å². The lowest BCUT2D eigenvalue weighted by Crippen LogP contribution is -1.95. The van der Waals surface area contributed by atoms with Crippen molar-refractivity contribution >= 4 is 22.4 Å². The van der Waals surface area contributed by atoms with Crippen LogP contribution in [0, 0.1) is 6.92 Å². The largest absolute Gasteiger partial charge is 0.508 e. The van der Waals surface area contributed by atoms with Crippen LogP contribution < -0.4 is 5.32 Å². The molecule has 0 aliphatic heterocycles. The van der Waals surface area contributed by atoms with Gasteiger partial charge in [-0.15, -0.1) is 0 Å². The van der Waals surface area contributed by atoms with E-state index in [2.05, 4.69) is 15.3 Å². The molecule has 108 valence electrons. The number of rotatable bonds is 2. The van der Waals surface area contributed by atoms with Crippen LogP contribution in [0.2, 0.25) is 0 Å². The molecule has 3 aromatic rings. The molecule has 1 aromatic heterocycles. The molecule has 21 heavy (non-hydrogen) atoms. The van der Waals surface area contributed by atoms with Crippen molar-refractivity contribution < 1.29 is 5.11 Å². The van der Waals surface area contributed by atoms with Crippen molar-refractivity contribution in [2.24, 2.45) is 0 Å². The Morgan fingerprint density at radius 1 is 0.952 bits per heavy atom. The molecule has 4 nitrogen and oxygen atoms in total. The Balaban J connectivity index is 0.000000774. The summed E-state index contributed by atoms with van der Waals surface area (Å²) in [6.07, 6.45) is 1.55. The fourth-order valence-electron chi connectivity index (χ4n) is 1.95. The first-order chi connectivity index (χ1) is 10.2. The number of hydrogen-bond donors (Lipinski definition) is 2. The summed E-state index contributed by atoms with van der Waals surface area (Å²) in [7, 11) is 0. The Kier molecular flexibility index (Phi) is 4.72. The fourth-order valence-corrected chi connectivity index (χ4v) is 1.95. The topological polar surface area (TPSA) is 58.0 Å². The van der Waals surface area contributed by atoms with Crippen molar-refractivity contribution in [3.63, 3.8) is 0 Å². The first-order valence-corrected chi connectivity index (χ1v) is 7.00. The molecule has 3 rings (SSSR count). The van der Waals surface area contributed by atoms with Crippen molar-refractivity contribution in [2.75, 3.05) is 5.32 Å².